The number of ether oxygens (including phenoxy) is 5. The zero-order valence-corrected chi connectivity index (χ0v) is 38.0. The molecule has 4 saturated heterocycles. The number of esters is 1. The van der Waals surface area contributed by atoms with Gasteiger partial charge in [-0.25, -0.2) is 4.79 Å². The molecule has 2 N–H and O–H groups in total. The first-order chi connectivity index (χ1) is 27.6. The van der Waals surface area contributed by atoms with Gasteiger partial charge in [0.1, 0.15) is 23.6 Å². The second-order valence-electron chi connectivity index (χ2n) is 17.8. The Hall–Kier alpha value is -3.07. The van der Waals surface area contributed by atoms with E-state index in [0.29, 0.717) is 42.7 Å². The maximum absolute atomic E-state index is 14.8. The molecule has 17 heteroatoms. The number of amides is 1. The number of aryl methyl sites for hydroxylation is 1. The summed E-state index contributed by atoms with van der Waals surface area (Å²) >= 11 is 1.92. The number of aliphatic hydroxyl groups excluding tert-OH is 1. The van der Waals surface area contributed by atoms with E-state index in [2.05, 4.69) is 14.9 Å². The van der Waals surface area contributed by atoms with Crippen molar-refractivity contribution < 1.29 is 53.1 Å². The number of ketones is 2. The van der Waals surface area contributed by atoms with E-state index in [-0.39, 0.29) is 36.1 Å². The molecule has 326 valence electrons. The number of nitrogens with zero attached hydrogens (tertiary/aromatic N) is 5. The Morgan fingerprint density at radius 1 is 1.02 bits per heavy atom. The number of likely N-dealkylation sites (N-methyl/N-ethyl adjacent to an activating group) is 1. The normalized spacial score (nSPS) is 38.2. The minimum absolute atomic E-state index is 0.0218. The molecule has 16 nitrogen and oxygen atoms in total. The van der Waals surface area contributed by atoms with Crippen LogP contribution in [0.25, 0.3) is 11.0 Å². The monoisotopic (exact) mass is 937 g/mol. The van der Waals surface area contributed by atoms with Crippen LogP contribution in [-0.2, 0) is 44.6 Å². The second-order valence-corrected chi connectivity index (χ2v) is 18.9. The van der Waals surface area contributed by atoms with Gasteiger partial charge in [-0.2, -0.15) is 0 Å². The van der Waals surface area contributed by atoms with Crippen LogP contribution in [0.4, 0.5) is 4.79 Å². The van der Waals surface area contributed by atoms with E-state index in [1.165, 1.54) is 20.2 Å². The maximum atomic E-state index is 14.8. The van der Waals surface area contributed by atoms with Gasteiger partial charge in [0.25, 0.3) is 0 Å². The van der Waals surface area contributed by atoms with Gasteiger partial charge < -0.3 is 38.8 Å². The Bertz CT molecular complexity index is 1930. The van der Waals surface area contributed by atoms with Gasteiger partial charge in [-0.05, 0) is 95.8 Å². The zero-order chi connectivity index (χ0) is 43.5. The maximum Gasteiger partial charge on any atom is 0.411 e. The highest BCUT2D eigenvalue weighted by Crippen LogP contribution is 2.45. The zero-order valence-electron chi connectivity index (χ0n) is 35.9. The van der Waals surface area contributed by atoms with Gasteiger partial charge in [-0.15, -0.1) is 0 Å². The van der Waals surface area contributed by atoms with Crippen LogP contribution in [0.1, 0.15) is 72.4 Å². The summed E-state index contributed by atoms with van der Waals surface area (Å²) in [5.41, 5.74) is 0.0737. The summed E-state index contributed by atoms with van der Waals surface area (Å²) in [6.45, 7) is 15.1. The fourth-order valence-corrected chi connectivity index (χ4v) is 10.4. The number of halogens is 1. The van der Waals surface area contributed by atoms with Crippen molar-refractivity contribution in [1.29, 1.82) is 0 Å². The molecule has 0 bridgehead atoms. The van der Waals surface area contributed by atoms with Crippen LogP contribution >= 0.6 is 22.6 Å². The number of rotatable bonds is 7. The van der Waals surface area contributed by atoms with Crippen molar-refractivity contribution in [3.8, 4) is 5.75 Å². The number of likely N-dealkylation sites (tertiary alicyclic amines) is 1. The van der Waals surface area contributed by atoms with Crippen molar-refractivity contribution in [2.24, 2.45) is 23.7 Å². The molecule has 0 spiro atoms. The first-order valence-corrected chi connectivity index (χ1v) is 21.7. The molecule has 0 aliphatic carbocycles. The summed E-state index contributed by atoms with van der Waals surface area (Å²) in [5, 5.41) is 22.3. The van der Waals surface area contributed by atoms with Crippen LogP contribution in [0.3, 0.4) is 0 Å². The molecule has 59 heavy (non-hydrogen) atoms. The second kappa shape index (κ2) is 17.4. The van der Waals surface area contributed by atoms with Crippen molar-refractivity contribution in [3.63, 3.8) is 0 Å². The molecule has 1 amide bonds. The van der Waals surface area contributed by atoms with Crippen LogP contribution in [0.2, 0.25) is 0 Å². The third kappa shape index (κ3) is 8.45. The van der Waals surface area contributed by atoms with Gasteiger partial charge in [0.05, 0.1) is 47.1 Å². The van der Waals surface area contributed by atoms with Gasteiger partial charge in [0.2, 0.25) is 0 Å². The molecule has 4 fully saturated rings. The number of aliphatic hydroxyl groups is 1. The van der Waals surface area contributed by atoms with Crippen molar-refractivity contribution in [2.75, 3.05) is 34.3 Å². The highest BCUT2D eigenvalue weighted by atomic mass is 127. The number of pyridine rings is 2. The number of hydrogen-bond acceptors (Lipinski definition) is 15. The fourth-order valence-electron chi connectivity index (χ4n) is 9.67. The third-order valence-corrected chi connectivity index (χ3v) is 14.7. The van der Waals surface area contributed by atoms with Crippen LogP contribution in [0.5, 0.6) is 5.75 Å². The number of methoxy groups -OCH3 is 1. The number of hydrogen-bond donors (Lipinski definition) is 2. The quantitative estimate of drug-likeness (QED) is 0.175. The number of aromatic hydroxyl groups is 1. The Kier molecular flexibility index (Phi) is 13.4. The minimum Gasteiger partial charge on any atom is -0.506 e. The van der Waals surface area contributed by atoms with E-state index in [0.717, 1.165) is 5.56 Å². The largest absolute Gasteiger partial charge is 0.506 e. The summed E-state index contributed by atoms with van der Waals surface area (Å²) in [6.07, 6.45) is -0.427. The Labute approximate surface area is 359 Å². The van der Waals surface area contributed by atoms with E-state index in [4.69, 9.17) is 23.7 Å². The molecule has 0 unspecified atom stereocenters. The SMILES string of the molecule is CO[C@]1(C)C[C@@H](C)C(=O)[C@H](C)[C@@H]2N(C3CN(Cc4c(O)cnc5c(C)ccnc45)C3)C(=O)O[C@]2(C)[C@@H](I)OC(=O)[C@H](C)C(=O)[C@H](C)[C@H]1O[C@@H]1O[C@H](C)C[C@H](N(C)C)[C@H]1O. The van der Waals surface area contributed by atoms with Crippen LogP contribution in [0, 0.1) is 30.6 Å². The summed E-state index contributed by atoms with van der Waals surface area (Å²) in [5.74, 6) is -5.19. The summed E-state index contributed by atoms with van der Waals surface area (Å²) in [6, 6.07) is 0.327. The van der Waals surface area contributed by atoms with Crippen LogP contribution < -0.4 is 0 Å². The third-order valence-electron chi connectivity index (χ3n) is 13.3. The molecule has 2 aromatic rings. The van der Waals surface area contributed by atoms with Gasteiger partial charge >= 0.3 is 12.1 Å². The van der Waals surface area contributed by atoms with E-state index in [9.17, 15) is 29.4 Å². The number of carbonyl (C=O) groups excluding carboxylic acids is 4. The van der Waals surface area contributed by atoms with Crippen molar-refractivity contribution >= 4 is 57.3 Å². The highest BCUT2D eigenvalue weighted by Gasteiger charge is 2.62. The number of carbonyl (C=O) groups is 4. The van der Waals surface area contributed by atoms with Gasteiger partial charge in [-0.3, -0.25) is 34.2 Å². The lowest BCUT2D eigenvalue weighted by molar-refractivity contribution is -0.295. The number of aromatic nitrogens is 2. The standard InChI is InChI=1S/C42H60IN5O11/c1-20-12-13-44-31-27(29(49)16-45-30(20)31)19-47-17-26(18-47)48-35-23(4)32(50)21(2)15-41(7,55-11)36(57-38-34(52)28(46(9)10)14-22(3)56-38)24(5)33(51)25(6)37(53)58-39(43)42(35,8)59-40(48)54/h12-13,16,21-26,28,34-36,38-39,49,52H,14-15,17-19H2,1-11H3/t21-,22-,23+,24+,25-,28+,34-,35+,36-,38+,39+,41-,42+/m1/s1. The van der Waals surface area contributed by atoms with E-state index >= 15 is 0 Å². The van der Waals surface area contributed by atoms with Gasteiger partial charge in [0.15, 0.2) is 21.8 Å². The van der Waals surface area contributed by atoms with E-state index in [1.54, 1.807) is 45.7 Å². The van der Waals surface area contributed by atoms with E-state index < -0.39 is 81.4 Å². The average molecular weight is 938 g/mol. The van der Waals surface area contributed by atoms with Crippen LogP contribution in [-0.4, -0.2) is 151 Å². The molecule has 6 heterocycles. The molecular weight excluding hydrogens is 877 g/mol. The number of Topliss-reactive ketones (excluding diaryl/α,β-unsaturated/α-hetero) is 2. The van der Waals surface area contributed by atoms with Crippen molar-refractivity contribution in [3.05, 3.63) is 29.6 Å². The first-order valence-electron chi connectivity index (χ1n) is 20.4. The molecule has 6 rings (SSSR count). The summed E-state index contributed by atoms with van der Waals surface area (Å²) in [7, 11) is 5.21. The number of alkyl halides is 1. The Morgan fingerprint density at radius 3 is 2.34 bits per heavy atom. The lowest BCUT2D eigenvalue weighted by Gasteiger charge is -2.48. The summed E-state index contributed by atoms with van der Waals surface area (Å²) < 4.78 is 30.0. The number of fused-ring (bicyclic) bond motifs is 2. The molecule has 4 aliphatic heterocycles. The Morgan fingerprint density at radius 2 is 1.69 bits per heavy atom. The first kappa shape index (κ1) is 45.5. The predicted octanol–water partition coefficient (Wildman–Crippen LogP) is 4.01. The molecule has 4 aliphatic rings. The topological polar surface area (TPSA) is 190 Å². The van der Waals surface area contributed by atoms with Gasteiger partial charge in [-0.1, -0.05) is 20.8 Å². The lowest BCUT2D eigenvalue weighted by Crippen LogP contribution is -2.65. The molecule has 0 aromatic carbocycles. The smallest absolute Gasteiger partial charge is 0.411 e. The highest BCUT2D eigenvalue weighted by molar-refractivity contribution is 14.1. The molecule has 0 radical (unpaired) electrons. The Balaban J connectivity index is 1.31. The minimum atomic E-state index is -1.48. The average Bonchev–Trinajstić information content (AvgIpc) is 3.44. The van der Waals surface area contributed by atoms with Crippen molar-refractivity contribution in [1.82, 2.24) is 24.7 Å². The molecule has 2 aromatic heterocycles. The predicted molar refractivity (Wildman–Crippen MR) is 223 cm³/mol. The van der Waals surface area contributed by atoms with Crippen molar-refractivity contribution in [2.45, 2.75) is 133 Å². The molecule has 0 saturated carbocycles. The van der Waals surface area contributed by atoms with Crippen LogP contribution in [0.15, 0.2) is 18.5 Å². The number of cyclic esters (lactones) is 1. The van der Waals surface area contributed by atoms with Gasteiger partial charge in [0, 0.05) is 62.3 Å². The fraction of sp³-hybridized carbons (Fsp3) is 0.714. The summed E-state index contributed by atoms with van der Waals surface area (Å²) in [4.78, 5) is 71.4. The molecular formula is C42H60IN5O11. The lowest BCUT2D eigenvalue weighted by atomic mass is 9.74. The molecule has 13 atom stereocenters. The van der Waals surface area contributed by atoms with E-state index in [1.807, 2.05) is 61.5 Å².